The van der Waals surface area contributed by atoms with Crippen molar-refractivity contribution in [3.05, 3.63) is 0 Å². The van der Waals surface area contributed by atoms with Crippen LogP contribution >= 0.6 is 0 Å². The van der Waals surface area contributed by atoms with Gasteiger partial charge in [-0.1, -0.05) is 12.8 Å². The highest BCUT2D eigenvalue weighted by Crippen LogP contribution is 2.27. The Morgan fingerprint density at radius 2 is 1.82 bits per heavy atom. The van der Waals surface area contributed by atoms with Gasteiger partial charge in [0.1, 0.15) is 0 Å². The van der Waals surface area contributed by atoms with Gasteiger partial charge in [-0.05, 0) is 25.2 Å². The first-order chi connectivity index (χ1) is 8.22. The van der Waals surface area contributed by atoms with Crippen molar-refractivity contribution < 1.29 is 14.7 Å². The Morgan fingerprint density at radius 3 is 2.47 bits per heavy atom. The number of nitrogens with one attached hydrogen (secondary N) is 2. The molecule has 0 spiro atoms. The summed E-state index contributed by atoms with van der Waals surface area (Å²) >= 11 is 0. The van der Waals surface area contributed by atoms with E-state index in [9.17, 15) is 9.59 Å². The highest BCUT2D eigenvalue weighted by atomic mass is 16.3. The molecule has 3 N–H and O–H groups in total. The summed E-state index contributed by atoms with van der Waals surface area (Å²) in [5, 5.41) is 13.8. The van der Waals surface area contributed by atoms with E-state index in [2.05, 4.69) is 10.6 Å². The predicted molar refractivity (Wildman–Crippen MR) is 64.3 cm³/mol. The number of amides is 2. The normalized spacial score (nSPS) is 15.8. The van der Waals surface area contributed by atoms with Gasteiger partial charge in [-0.25, -0.2) is 0 Å². The summed E-state index contributed by atoms with van der Waals surface area (Å²) in [4.78, 5) is 22.8. The van der Waals surface area contributed by atoms with Crippen LogP contribution in [0.2, 0.25) is 0 Å². The zero-order valence-corrected chi connectivity index (χ0v) is 10.2. The summed E-state index contributed by atoms with van der Waals surface area (Å²) in [6.07, 6.45) is 5.80. The van der Waals surface area contributed by atoms with Crippen molar-refractivity contribution in [3.63, 3.8) is 0 Å². The molecule has 0 aromatic carbocycles. The van der Waals surface area contributed by atoms with Crippen LogP contribution in [0.1, 0.15) is 38.5 Å². The number of carbonyl (C=O) groups is 2. The van der Waals surface area contributed by atoms with Gasteiger partial charge in [-0.3, -0.25) is 9.59 Å². The Morgan fingerprint density at radius 1 is 1.12 bits per heavy atom. The van der Waals surface area contributed by atoms with Gasteiger partial charge in [-0.2, -0.15) is 0 Å². The molecule has 5 nitrogen and oxygen atoms in total. The molecule has 0 heterocycles. The van der Waals surface area contributed by atoms with Crippen LogP contribution in [0.5, 0.6) is 0 Å². The van der Waals surface area contributed by atoms with Crippen molar-refractivity contribution in [1.82, 2.24) is 10.6 Å². The predicted octanol–water partition coefficient (Wildman–Crippen LogP) is 0.182. The van der Waals surface area contributed by atoms with Crippen molar-refractivity contribution in [2.45, 2.75) is 38.5 Å². The van der Waals surface area contributed by atoms with E-state index >= 15 is 0 Å². The molecule has 0 aromatic heterocycles. The molecule has 1 fully saturated rings. The smallest absolute Gasteiger partial charge is 0.239 e. The minimum atomic E-state index is -0.196. The first kappa shape index (κ1) is 14.0. The third-order valence-corrected chi connectivity index (χ3v) is 3.05. The maximum absolute atomic E-state index is 11.5. The van der Waals surface area contributed by atoms with Gasteiger partial charge in [0.05, 0.1) is 6.54 Å². The summed E-state index contributed by atoms with van der Waals surface area (Å²) in [5.74, 6) is 0.278. The fourth-order valence-electron chi connectivity index (χ4n) is 2.10. The first-order valence-electron chi connectivity index (χ1n) is 6.36. The van der Waals surface area contributed by atoms with Crippen molar-refractivity contribution in [2.75, 3.05) is 19.7 Å². The van der Waals surface area contributed by atoms with E-state index in [1.807, 2.05) is 0 Å². The number of rotatable bonds is 7. The highest BCUT2D eigenvalue weighted by molar-refractivity contribution is 5.84. The van der Waals surface area contributed by atoms with E-state index in [0.29, 0.717) is 25.3 Å². The first-order valence-corrected chi connectivity index (χ1v) is 6.36. The topological polar surface area (TPSA) is 78.4 Å². The third kappa shape index (κ3) is 6.26. The number of hydrogen-bond acceptors (Lipinski definition) is 3. The molecule has 0 bridgehead atoms. The van der Waals surface area contributed by atoms with Crippen LogP contribution in [-0.2, 0) is 9.59 Å². The lowest BCUT2D eigenvalue weighted by molar-refractivity contribution is -0.126. The Bertz CT molecular complexity index is 250. The Hall–Kier alpha value is -1.10. The van der Waals surface area contributed by atoms with E-state index in [4.69, 9.17) is 5.11 Å². The summed E-state index contributed by atoms with van der Waals surface area (Å²) in [7, 11) is 0. The van der Waals surface area contributed by atoms with Crippen molar-refractivity contribution in [3.8, 4) is 0 Å². The van der Waals surface area contributed by atoms with E-state index in [0.717, 1.165) is 12.8 Å². The monoisotopic (exact) mass is 242 g/mol. The second-order valence-electron chi connectivity index (χ2n) is 4.56. The van der Waals surface area contributed by atoms with Crippen LogP contribution in [0.15, 0.2) is 0 Å². The molecule has 0 aromatic rings. The minimum absolute atomic E-state index is 0.0331. The maximum atomic E-state index is 11.5. The summed E-state index contributed by atoms with van der Waals surface area (Å²) in [6, 6.07) is 0. The Labute approximate surface area is 102 Å². The second kappa shape index (κ2) is 8.06. The van der Waals surface area contributed by atoms with Gasteiger partial charge in [0.2, 0.25) is 11.8 Å². The summed E-state index contributed by atoms with van der Waals surface area (Å²) in [6.45, 7) is 0.555. The van der Waals surface area contributed by atoms with Crippen molar-refractivity contribution in [2.24, 2.45) is 5.92 Å². The van der Waals surface area contributed by atoms with Crippen molar-refractivity contribution >= 4 is 11.8 Å². The molecule has 0 unspecified atom stereocenters. The molecule has 1 rings (SSSR count). The van der Waals surface area contributed by atoms with Crippen LogP contribution in [0.3, 0.4) is 0 Å². The third-order valence-electron chi connectivity index (χ3n) is 3.05. The molecule has 5 heteroatoms. The van der Waals surface area contributed by atoms with Crippen LogP contribution in [0.25, 0.3) is 0 Å². The molecule has 0 saturated heterocycles. The summed E-state index contributed by atoms with van der Waals surface area (Å²) < 4.78 is 0. The van der Waals surface area contributed by atoms with E-state index in [1.54, 1.807) is 0 Å². The number of aliphatic hydroxyl groups is 1. The lowest BCUT2D eigenvalue weighted by Gasteiger charge is -2.09. The number of hydrogen-bond donors (Lipinski definition) is 3. The fraction of sp³-hybridized carbons (Fsp3) is 0.833. The molecule has 2 amide bonds. The molecule has 0 radical (unpaired) electrons. The van der Waals surface area contributed by atoms with E-state index < -0.39 is 0 Å². The van der Waals surface area contributed by atoms with Gasteiger partial charge in [0, 0.05) is 19.6 Å². The maximum Gasteiger partial charge on any atom is 0.239 e. The van der Waals surface area contributed by atoms with Crippen LogP contribution in [0, 0.1) is 5.92 Å². The highest BCUT2D eigenvalue weighted by Gasteiger charge is 2.18. The van der Waals surface area contributed by atoms with Gasteiger partial charge < -0.3 is 15.7 Å². The Kier molecular flexibility index (Phi) is 6.62. The number of aliphatic hydroxyl groups excluding tert-OH is 1. The van der Waals surface area contributed by atoms with Gasteiger partial charge in [0.25, 0.3) is 0 Å². The molecule has 1 aliphatic carbocycles. The standard InChI is InChI=1S/C12H22N2O3/c15-7-3-6-13-12(17)9-14-11(16)8-10-4-1-2-5-10/h10,15H,1-9H2,(H,13,17)(H,14,16). The molecular weight excluding hydrogens is 220 g/mol. The lowest BCUT2D eigenvalue weighted by Crippen LogP contribution is -2.37. The van der Waals surface area contributed by atoms with E-state index in [1.165, 1.54) is 12.8 Å². The quantitative estimate of drug-likeness (QED) is 0.557. The number of carbonyl (C=O) groups excluding carboxylic acids is 2. The molecular formula is C12H22N2O3. The SMILES string of the molecule is O=C(CNC(=O)CC1CCCC1)NCCCO. The largest absolute Gasteiger partial charge is 0.396 e. The fourth-order valence-corrected chi connectivity index (χ4v) is 2.10. The molecule has 1 aliphatic rings. The minimum Gasteiger partial charge on any atom is -0.396 e. The van der Waals surface area contributed by atoms with Gasteiger partial charge in [-0.15, -0.1) is 0 Å². The molecule has 1 saturated carbocycles. The molecule has 0 atom stereocenters. The van der Waals surface area contributed by atoms with Gasteiger partial charge >= 0.3 is 0 Å². The lowest BCUT2D eigenvalue weighted by atomic mass is 10.0. The average molecular weight is 242 g/mol. The van der Waals surface area contributed by atoms with E-state index in [-0.39, 0.29) is 25.0 Å². The average Bonchev–Trinajstić information content (AvgIpc) is 2.79. The van der Waals surface area contributed by atoms with Crippen LogP contribution in [0.4, 0.5) is 0 Å². The van der Waals surface area contributed by atoms with Crippen LogP contribution in [-0.4, -0.2) is 36.6 Å². The summed E-state index contributed by atoms with van der Waals surface area (Å²) in [5.41, 5.74) is 0. The Balaban J connectivity index is 2.04. The van der Waals surface area contributed by atoms with Crippen LogP contribution < -0.4 is 10.6 Å². The second-order valence-corrected chi connectivity index (χ2v) is 4.56. The zero-order valence-electron chi connectivity index (χ0n) is 10.2. The molecule has 98 valence electrons. The molecule has 0 aliphatic heterocycles. The zero-order chi connectivity index (χ0) is 12.5. The van der Waals surface area contributed by atoms with Crippen molar-refractivity contribution in [1.29, 1.82) is 0 Å². The molecule has 17 heavy (non-hydrogen) atoms. The van der Waals surface area contributed by atoms with Gasteiger partial charge in [0.15, 0.2) is 0 Å².